The Bertz CT molecular complexity index is 1000. The van der Waals surface area contributed by atoms with Crippen LogP contribution in [0.5, 0.6) is 0 Å². The molecular weight excluding hydrogens is 300 g/mol. The SMILES string of the molecule is C[C@H](NC(=O)c1ccc2ncccc2c1)c1cc2ccccc2o1. The van der Waals surface area contributed by atoms with Crippen LogP contribution in [0.2, 0.25) is 0 Å². The van der Waals surface area contributed by atoms with Gasteiger partial charge in [0.05, 0.1) is 11.6 Å². The maximum atomic E-state index is 12.5. The van der Waals surface area contributed by atoms with Gasteiger partial charge in [0, 0.05) is 22.5 Å². The van der Waals surface area contributed by atoms with E-state index in [2.05, 4.69) is 10.3 Å². The normalized spacial score (nSPS) is 12.4. The third kappa shape index (κ3) is 2.63. The van der Waals surface area contributed by atoms with E-state index in [1.807, 2.05) is 61.5 Å². The molecule has 118 valence electrons. The lowest BCUT2D eigenvalue weighted by molar-refractivity contribution is 0.0936. The predicted octanol–water partition coefficient (Wildman–Crippen LogP) is 4.47. The van der Waals surface area contributed by atoms with E-state index in [1.165, 1.54) is 0 Å². The predicted molar refractivity (Wildman–Crippen MR) is 93.8 cm³/mol. The van der Waals surface area contributed by atoms with Crippen LogP contribution >= 0.6 is 0 Å². The molecule has 4 heteroatoms. The maximum Gasteiger partial charge on any atom is 0.251 e. The number of carbonyl (C=O) groups is 1. The van der Waals surface area contributed by atoms with Gasteiger partial charge in [0.25, 0.3) is 5.91 Å². The van der Waals surface area contributed by atoms with E-state index in [4.69, 9.17) is 4.42 Å². The standard InChI is InChI=1S/C20H16N2O2/c1-13(19-12-15-5-2-3-7-18(15)24-19)22-20(23)16-8-9-17-14(11-16)6-4-10-21-17/h2-13H,1H3,(H,22,23)/t13-/m0/s1. The van der Waals surface area contributed by atoms with Crippen molar-refractivity contribution in [3.8, 4) is 0 Å². The number of aromatic nitrogens is 1. The number of nitrogens with zero attached hydrogens (tertiary/aromatic N) is 1. The summed E-state index contributed by atoms with van der Waals surface area (Å²) in [4.78, 5) is 16.8. The van der Waals surface area contributed by atoms with Gasteiger partial charge in [0.2, 0.25) is 0 Å². The molecule has 4 rings (SSSR count). The molecule has 0 radical (unpaired) electrons. The molecule has 0 fully saturated rings. The smallest absolute Gasteiger partial charge is 0.251 e. The van der Waals surface area contributed by atoms with Gasteiger partial charge in [-0.3, -0.25) is 9.78 Å². The molecule has 1 amide bonds. The largest absolute Gasteiger partial charge is 0.459 e. The monoisotopic (exact) mass is 316 g/mol. The van der Waals surface area contributed by atoms with Crippen LogP contribution in [0.1, 0.15) is 29.1 Å². The molecule has 1 N–H and O–H groups in total. The molecule has 0 bridgehead atoms. The number of rotatable bonds is 3. The molecule has 0 aliphatic heterocycles. The minimum atomic E-state index is -0.213. The Hall–Kier alpha value is -3.14. The number of fused-ring (bicyclic) bond motifs is 2. The van der Waals surface area contributed by atoms with Crippen molar-refractivity contribution in [1.29, 1.82) is 0 Å². The van der Waals surface area contributed by atoms with Crippen LogP contribution in [0.15, 0.2) is 71.3 Å². The number of pyridine rings is 1. The van der Waals surface area contributed by atoms with Gasteiger partial charge in [-0.05, 0) is 43.3 Å². The summed E-state index contributed by atoms with van der Waals surface area (Å²) < 4.78 is 5.81. The van der Waals surface area contributed by atoms with Crippen LogP contribution in [0.25, 0.3) is 21.9 Å². The van der Waals surface area contributed by atoms with Gasteiger partial charge in [-0.15, -0.1) is 0 Å². The van der Waals surface area contributed by atoms with E-state index in [0.29, 0.717) is 5.56 Å². The summed E-state index contributed by atoms with van der Waals surface area (Å²) >= 11 is 0. The Morgan fingerprint density at radius 1 is 1.04 bits per heavy atom. The highest BCUT2D eigenvalue weighted by molar-refractivity contribution is 5.98. The van der Waals surface area contributed by atoms with Crippen molar-refractivity contribution in [3.05, 3.63) is 78.2 Å². The number of amides is 1. The van der Waals surface area contributed by atoms with Crippen LogP contribution in [0.3, 0.4) is 0 Å². The van der Waals surface area contributed by atoms with Crippen LogP contribution < -0.4 is 5.32 Å². The van der Waals surface area contributed by atoms with E-state index in [9.17, 15) is 4.79 Å². The lowest BCUT2D eigenvalue weighted by Crippen LogP contribution is -2.26. The van der Waals surface area contributed by atoms with Crippen molar-refractivity contribution < 1.29 is 9.21 Å². The van der Waals surface area contributed by atoms with E-state index in [0.717, 1.165) is 27.6 Å². The summed E-state index contributed by atoms with van der Waals surface area (Å²) in [6.45, 7) is 1.91. The fraction of sp³-hybridized carbons (Fsp3) is 0.100. The molecule has 4 aromatic rings. The van der Waals surface area contributed by atoms with E-state index >= 15 is 0 Å². The van der Waals surface area contributed by atoms with Gasteiger partial charge in [0.1, 0.15) is 11.3 Å². The maximum absolute atomic E-state index is 12.5. The van der Waals surface area contributed by atoms with Gasteiger partial charge < -0.3 is 9.73 Å². The molecule has 24 heavy (non-hydrogen) atoms. The number of hydrogen-bond acceptors (Lipinski definition) is 3. The molecule has 2 aromatic carbocycles. The van der Waals surface area contributed by atoms with Crippen molar-refractivity contribution in [2.75, 3.05) is 0 Å². The number of para-hydroxylation sites is 1. The first-order valence-corrected chi connectivity index (χ1v) is 7.85. The Morgan fingerprint density at radius 2 is 1.88 bits per heavy atom. The first kappa shape index (κ1) is 14.5. The number of nitrogens with one attached hydrogen (secondary N) is 1. The second kappa shape index (κ2) is 5.81. The van der Waals surface area contributed by atoms with Gasteiger partial charge in [0.15, 0.2) is 0 Å². The van der Waals surface area contributed by atoms with Crippen molar-refractivity contribution >= 4 is 27.8 Å². The summed E-state index contributed by atoms with van der Waals surface area (Å²) in [5.74, 6) is 0.612. The molecule has 0 spiro atoms. The molecule has 0 aliphatic carbocycles. The quantitative estimate of drug-likeness (QED) is 0.606. The Labute approximate surface area is 139 Å². The number of carbonyl (C=O) groups excluding carboxylic acids is 1. The summed E-state index contributed by atoms with van der Waals surface area (Å²) in [5, 5.41) is 4.96. The highest BCUT2D eigenvalue weighted by Gasteiger charge is 2.15. The summed E-state index contributed by atoms with van der Waals surface area (Å²) in [5.41, 5.74) is 2.31. The first-order chi connectivity index (χ1) is 11.7. The average molecular weight is 316 g/mol. The average Bonchev–Trinajstić information content (AvgIpc) is 3.05. The Balaban J connectivity index is 1.57. The van der Waals surface area contributed by atoms with Crippen LogP contribution in [-0.2, 0) is 0 Å². The lowest BCUT2D eigenvalue weighted by atomic mass is 10.1. The molecule has 2 aromatic heterocycles. The second-order valence-electron chi connectivity index (χ2n) is 5.79. The topological polar surface area (TPSA) is 55.1 Å². The van der Waals surface area contributed by atoms with Gasteiger partial charge >= 0.3 is 0 Å². The van der Waals surface area contributed by atoms with Crippen molar-refractivity contribution in [2.45, 2.75) is 13.0 Å². The van der Waals surface area contributed by atoms with E-state index in [1.54, 1.807) is 12.3 Å². The molecule has 0 saturated heterocycles. The van der Waals surface area contributed by atoms with Crippen LogP contribution in [0.4, 0.5) is 0 Å². The first-order valence-electron chi connectivity index (χ1n) is 7.85. The van der Waals surface area contributed by atoms with E-state index < -0.39 is 0 Å². The zero-order chi connectivity index (χ0) is 16.5. The van der Waals surface area contributed by atoms with Gasteiger partial charge in [-0.2, -0.15) is 0 Å². The summed E-state index contributed by atoms with van der Waals surface area (Å²) in [7, 11) is 0. The fourth-order valence-corrected chi connectivity index (χ4v) is 2.78. The zero-order valence-corrected chi connectivity index (χ0v) is 13.2. The minimum Gasteiger partial charge on any atom is -0.459 e. The second-order valence-corrected chi connectivity index (χ2v) is 5.79. The fourth-order valence-electron chi connectivity index (χ4n) is 2.78. The van der Waals surface area contributed by atoms with Crippen LogP contribution in [0, 0.1) is 0 Å². The molecular formula is C20H16N2O2. The molecule has 0 unspecified atom stereocenters. The lowest BCUT2D eigenvalue weighted by Gasteiger charge is -2.11. The van der Waals surface area contributed by atoms with Crippen LogP contribution in [-0.4, -0.2) is 10.9 Å². The van der Waals surface area contributed by atoms with Gasteiger partial charge in [-0.25, -0.2) is 0 Å². The minimum absolute atomic E-state index is 0.131. The summed E-state index contributed by atoms with van der Waals surface area (Å²) in [6, 6.07) is 18.9. The zero-order valence-electron chi connectivity index (χ0n) is 13.2. The van der Waals surface area contributed by atoms with Crippen molar-refractivity contribution in [3.63, 3.8) is 0 Å². The molecule has 1 atom stereocenters. The summed E-state index contributed by atoms with van der Waals surface area (Å²) in [6.07, 6.45) is 1.74. The number of furan rings is 1. The van der Waals surface area contributed by atoms with E-state index in [-0.39, 0.29) is 11.9 Å². The van der Waals surface area contributed by atoms with Crippen molar-refractivity contribution in [1.82, 2.24) is 10.3 Å². The molecule has 0 aliphatic rings. The Morgan fingerprint density at radius 3 is 2.75 bits per heavy atom. The molecule has 4 nitrogen and oxygen atoms in total. The Kier molecular flexibility index (Phi) is 3.50. The van der Waals surface area contributed by atoms with Gasteiger partial charge in [-0.1, -0.05) is 24.3 Å². The molecule has 0 saturated carbocycles. The van der Waals surface area contributed by atoms with Crippen molar-refractivity contribution in [2.24, 2.45) is 0 Å². The third-order valence-corrected chi connectivity index (χ3v) is 4.08. The highest BCUT2D eigenvalue weighted by Crippen LogP contribution is 2.24. The highest BCUT2D eigenvalue weighted by atomic mass is 16.3. The number of hydrogen-bond donors (Lipinski definition) is 1. The molecule has 2 heterocycles. The number of benzene rings is 2. The third-order valence-electron chi connectivity index (χ3n) is 4.08.